The molecule has 1 aromatic rings. The lowest BCUT2D eigenvalue weighted by Gasteiger charge is -2.29. The Hall–Kier alpha value is -1.75. The number of amides is 1. The maximum atomic E-state index is 11.8. The Balaban J connectivity index is 1.74. The minimum absolute atomic E-state index is 0.0412. The van der Waals surface area contributed by atoms with Gasteiger partial charge in [0, 0.05) is 12.1 Å². The van der Waals surface area contributed by atoms with E-state index >= 15 is 0 Å². The maximum Gasteiger partial charge on any atom is 0.258 e. The third-order valence-electron chi connectivity index (χ3n) is 3.49. The molecule has 0 radical (unpaired) electrons. The van der Waals surface area contributed by atoms with Gasteiger partial charge in [-0.25, -0.2) is 0 Å². The number of ether oxygens (including phenoxy) is 2. The van der Waals surface area contributed by atoms with Crippen molar-refractivity contribution in [2.45, 2.75) is 18.9 Å². The summed E-state index contributed by atoms with van der Waals surface area (Å²) in [6.07, 6.45) is 2.00. The summed E-state index contributed by atoms with van der Waals surface area (Å²) in [6, 6.07) is 7.52. The number of likely N-dealkylation sites (tertiary alicyclic amines) is 1. The van der Waals surface area contributed by atoms with Crippen molar-refractivity contribution >= 4 is 5.91 Å². The number of rotatable bonds is 5. The predicted molar refractivity (Wildman–Crippen MR) is 77.2 cm³/mol. The largest absolute Gasteiger partial charge is 0.497 e. The van der Waals surface area contributed by atoms with E-state index < -0.39 is 0 Å². The van der Waals surface area contributed by atoms with Crippen LogP contribution in [0.5, 0.6) is 11.5 Å². The quantitative estimate of drug-likeness (QED) is 0.881. The number of piperidine rings is 1. The molecule has 0 unspecified atom stereocenters. The minimum atomic E-state index is -0.0672. The van der Waals surface area contributed by atoms with Gasteiger partial charge in [0.15, 0.2) is 6.61 Å². The smallest absolute Gasteiger partial charge is 0.258 e. The lowest BCUT2D eigenvalue weighted by molar-refractivity contribution is -0.124. The number of methoxy groups -OCH3 is 1. The first-order chi connectivity index (χ1) is 9.67. The zero-order chi connectivity index (χ0) is 14.4. The second kappa shape index (κ2) is 7.14. The van der Waals surface area contributed by atoms with Gasteiger partial charge in [-0.3, -0.25) is 4.79 Å². The molecule has 5 heteroatoms. The van der Waals surface area contributed by atoms with Crippen LogP contribution in [0.2, 0.25) is 0 Å². The van der Waals surface area contributed by atoms with Crippen molar-refractivity contribution in [3.8, 4) is 11.5 Å². The van der Waals surface area contributed by atoms with Gasteiger partial charge in [0.25, 0.3) is 5.91 Å². The van der Waals surface area contributed by atoms with Crippen molar-refractivity contribution in [2.24, 2.45) is 0 Å². The second-order valence-corrected chi connectivity index (χ2v) is 5.11. The summed E-state index contributed by atoms with van der Waals surface area (Å²) in [7, 11) is 3.70. The van der Waals surface area contributed by atoms with Crippen molar-refractivity contribution in [3.63, 3.8) is 0 Å². The lowest BCUT2D eigenvalue weighted by Crippen LogP contribution is -2.44. The average Bonchev–Trinajstić information content (AvgIpc) is 2.48. The molecule has 0 saturated carbocycles. The Morgan fingerprint density at radius 1 is 1.35 bits per heavy atom. The number of hydrogen-bond acceptors (Lipinski definition) is 4. The number of carbonyl (C=O) groups is 1. The van der Waals surface area contributed by atoms with Gasteiger partial charge in [-0.05, 0) is 45.1 Å². The van der Waals surface area contributed by atoms with Crippen molar-refractivity contribution in [3.05, 3.63) is 24.3 Å². The molecule has 110 valence electrons. The van der Waals surface area contributed by atoms with Gasteiger partial charge < -0.3 is 19.7 Å². The van der Waals surface area contributed by atoms with Gasteiger partial charge in [-0.1, -0.05) is 6.07 Å². The maximum absolute atomic E-state index is 11.8. The molecule has 1 aromatic carbocycles. The minimum Gasteiger partial charge on any atom is -0.497 e. The Bertz CT molecular complexity index is 442. The van der Waals surface area contributed by atoms with Crippen LogP contribution in [0.25, 0.3) is 0 Å². The van der Waals surface area contributed by atoms with Gasteiger partial charge >= 0.3 is 0 Å². The molecule has 0 atom stereocenters. The summed E-state index contributed by atoms with van der Waals surface area (Å²) in [5.41, 5.74) is 0. The van der Waals surface area contributed by atoms with Crippen LogP contribution < -0.4 is 14.8 Å². The monoisotopic (exact) mass is 278 g/mol. The van der Waals surface area contributed by atoms with E-state index in [1.807, 2.05) is 18.2 Å². The first-order valence-corrected chi connectivity index (χ1v) is 6.92. The van der Waals surface area contributed by atoms with E-state index in [9.17, 15) is 4.79 Å². The number of nitrogens with zero attached hydrogens (tertiary/aromatic N) is 1. The van der Waals surface area contributed by atoms with Crippen LogP contribution in [0.15, 0.2) is 24.3 Å². The van der Waals surface area contributed by atoms with Crippen molar-refractivity contribution in [1.82, 2.24) is 10.2 Å². The fourth-order valence-electron chi connectivity index (χ4n) is 2.26. The van der Waals surface area contributed by atoms with E-state index in [4.69, 9.17) is 9.47 Å². The third-order valence-corrected chi connectivity index (χ3v) is 3.49. The molecule has 1 amide bonds. The Morgan fingerprint density at radius 3 is 2.75 bits per heavy atom. The van der Waals surface area contributed by atoms with Crippen LogP contribution >= 0.6 is 0 Å². The van der Waals surface area contributed by atoms with E-state index in [2.05, 4.69) is 17.3 Å². The Morgan fingerprint density at radius 2 is 2.05 bits per heavy atom. The lowest BCUT2D eigenvalue weighted by atomic mass is 10.1. The van der Waals surface area contributed by atoms with Gasteiger partial charge in [-0.15, -0.1) is 0 Å². The number of benzene rings is 1. The van der Waals surface area contributed by atoms with Crippen molar-refractivity contribution in [1.29, 1.82) is 0 Å². The number of hydrogen-bond donors (Lipinski definition) is 1. The highest BCUT2D eigenvalue weighted by atomic mass is 16.5. The summed E-state index contributed by atoms with van der Waals surface area (Å²) in [4.78, 5) is 14.1. The van der Waals surface area contributed by atoms with Gasteiger partial charge in [0.1, 0.15) is 11.5 Å². The van der Waals surface area contributed by atoms with E-state index in [0.717, 1.165) is 31.7 Å². The fraction of sp³-hybridized carbons (Fsp3) is 0.533. The normalized spacial score (nSPS) is 16.7. The zero-order valence-electron chi connectivity index (χ0n) is 12.1. The number of carbonyl (C=O) groups excluding carboxylic acids is 1. The highest BCUT2D eigenvalue weighted by Gasteiger charge is 2.18. The van der Waals surface area contributed by atoms with Gasteiger partial charge in [-0.2, -0.15) is 0 Å². The average molecular weight is 278 g/mol. The molecule has 1 aliphatic heterocycles. The first kappa shape index (κ1) is 14.7. The van der Waals surface area contributed by atoms with Crippen LogP contribution in [0.1, 0.15) is 12.8 Å². The van der Waals surface area contributed by atoms with E-state index in [0.29, 0.717) is 5.75 Å². The summed E-state index contributed by atoms with van der Waals surface area (Å²) >= 11 is 0. The predicted octanol–water partition coefficient (Wildman–Crippen LogP) is 1.28. The first-order valence-electron chi connectivity index (χ1n) is 6.92. The van der Waals surface area contributed by atoms with Crippen LogP contribution in [0.4, 0.5) is 0 Å². The Kier molecular flexibility index (Phi) is 5.24. The molecule has 1 saturated heterocycles. The molecular formula is C15H22N2O3. The zero-order valence-corrected chi connectivity index (χ0v) is 12.1. The molecule has 0 aromatic heterocycles. The molecule has 0 bridgehead atoms. The molecule has 2 rings (SSSR count). The molecular weight excluding hydrogens is 256 g/mol. The molecule has 1 heterocycles. The number of nitrogens with one attached hydrogen (secondary N) is 1. The molecule has 0 aliphatic carbocycles. The SMILES string of the molecule is COc1cccc(OCC(=O)NC2CCN(C)CC2)c1. The van der Waals surface area contributed by atoms with Gasteiger partial charge in [0.2, 0.25) is 0 Å². The highest BCUT2D eigenvalue weighted by molar-refractivity contribution is 5.77. The molecule has 1 aliphatic rings. The van der Waals surface area contributed by atoms with Gasteiger partial charge in [0.05, 0.1) is 7.11 Å². The molecule has 5 nitrogen and oxygen atoms in total. The highest BCUT2D eigenvalue weighted by Crippen LogP contribution is 2.18. The fourth-order valence-corrected chi connectivity index (χ4v) is 2.26. The molecule has 1 fully saturated rings. The standard InChI is InChI=1S/C15H22N2O3/c1-17-8-6-12(7-9-17)16-15(18)11-20-14-5-3-4-13(10-14)19-2/h3-5,10,12H,6-9,11H2,1-2H3,(H,16,18). The Labute approximate surface area is 119 Å². The molecule has 0 spiro atoms. The third kappa shape index (κ3) is 4.42. The second-order valence-electron chi connectivity index (χ2n) is 5.11. The summed E-state index contributed by atoms with van der Waals surface area (Å²) < 4.78 is 10.6. The molecule has 20 heavy (non-hydrogen) atoms. The van der Waals surface area contributed by atoms with Crippen molar-refractivity contribution < 1.29 is 14.3 Å². The van der Waals surface area contributed by atoms with E-state index in [1.165, 1.54) is 0 Å². The van der Waals surface area contributed by atoms with Crippen LogP contribution in [0.3, 0.4) is 0 Å². The van der Waals surface area contributed by atoms with Crippen LogP contribution in [-0.4, -0.2) is 50.7 Å². The van der Waals surface area contributed by atoms with Crippen LogP contribution in [0, 0.1) is 0 Å². The van der Waals surface area contributed by atoms with Crippen molar-refractivity contribution in [2.75, 3.05) is 33.9 Å². The topological polar surface area (TPSA) is 50.8 Å². The molecule has 1 N–H and O–H groups in total. The van der Waals surface area contributed by atoms with E-state index in [-0.39, 0.29) is 18.6 Å². The summed E-state index contributed by atoms with van der Waals surface area (Å²) in [5.74, 6) is 1.29. The summed E-state index contributed by atoms with van der Waals surface area (Å²) in [6.45, 7) is 2.10. The summed E-state index contributed by atoms with van der Waals surface area (Å²) in [5, 5.41) is 3.02. The van der Waals surface area contributed by atoms with Crippen LogP contribution in [-0.2, 0) is 4.79 Å². The van der Waals surface area contributed by atoms with E-state index in [1.54, 1.807) is 13.2 Å².